The van der Waals surface area contributed by atoms with E-state index < -0.39 is 98.5 Å². The zero-order valence-corrected chi connectivity index (χ0v) is 42.9. The van der Waals surface area contributed by atoms with Crippen LogP contribution in [0.15, 0.2) is 49.3 Å². The van der Waals surface area contributed by atoms with Gasteiger partial charge in [-0.05, 0) is 75.0 Å². The van der Waals surface area contributed by atoms with Crippen molar-refractivity contribution in [1.82, 2.24) is 5.32 Å². The quantitative estimate of drug-likeness (QED) is 0.0909. The minimum atomic E-state index is -1.41. The molecule has 1 unspecified atom stereocenters. The average molecular weight is 1020 g/mol. The molecule has 0 aromatic heterocycles. The maximum atomic E-state index is 13.5. The Kier molecular flexibility index (Phi) is 19.5. The number of amides is 7. The van der Waals surface area contributed by atoms with Gasteiger partial charge in [0, 0.05) is 108 Å². The number of hydrogen-bond acceptors (Lipinski definition) is 12. The molecule has 16 N–H and O–H groups in total. The van der Waals surface area contributed by atoms with E-state index in [1.807, 2.05) is 61.5 Å². The number of fused-ring (bicyclic) bond motifs is 6. The number of allylic oxidation sites excluding steroid dienone is 6. The Morgan fingerprint density at radius 2 is 1.24 bits per heavy atom. The Morgan fingerprint density at radius 1 is 0.714 bits per heavy atom. The molecule has 0 saturated carbocycles. The topological polar surface area (TPSA) is 423 Å². The summed E-state index contributed by atoms with van der Waals surface area (Å²) in [5.74, 6) is -6.51. The fourth-order valence-corrected chi connectivity index (χ4v) is 12.2. The van der Waals surface area contributed by atoms with Crippen molar-refractivity contribution in [3.63, 3.8) is 0 Å². The molecule has 1 fully saturated rings. The molecule has 5 heterocycles. The first kappa shape index (κ1) is 60.8. The van der Waals surface area contributed by atoms with Gasteiger partial charge in [-0.3, -0.25) is 48.5 Å². The number of rotatable bonds is 20. The van der Waals surface area contributed by atoms with Crippen LogP contribution in [0.2, 0.25) is 0 Å². The van der Waals surface area contributed by atoms with E-state index in [9.17, 15) is 38.7 Å². The Bertz CT molecular complexity index is 2320. The van der Waals surface area contributed by atoms with Crippen LogP contribution in [-0.4, -0.2) is 93.7 Å². The van der Waals surface area contributed by atoms with Gasteiger partial charge in [-0.15, -0.1) is 6.10 Å². The fourth-order valence-electron chi connectivity index (χ4n) is 12.2. The van der Waals surface area contributed by atoms with E-state index in [2.05, 4.69) is 5.32 Å². The van der Waals surface area contributed by atoms with Gasteiger partial charge in [0.25, 0.3) is 0 Å². The first-order valence-corrected chi connectivity index (χ1v) is 23.2. The molecule has 5 aliphatic rings. The predicted molar refractivity (Wildman–Crippen MR) is 257 cm³/mol. The molecule has 10 atom stereocenters. The Hall–Kier alpha value is -5.29. The van der Waals surface area contributed by atoms with Gasteiger partial charge < -0.3 is 61.1 Å². The minimum absolute atomic E-state index is 0. The van der Waals surface area contributed by atoms with Crippen LogP contribution in [0.5, 0.6) is 0 Å². The maximum absolute atomic E-state index is 13.5. The van der Waals surface area contributed by atoms with E-state index >= 15 is 0 Å². The van der Waals surface area contributed by atoms with Crippen molar-refractivity contribution in [3.8, 4) is 0 Å². The fraction of sp³-hybridized carbons (Fsp3) is 0.667. The first-order chi connectivity index (χ1) is 30.9. The van der Waals surface area contributed by atoms with E-state index in [4.69, 9.17) is 54.7 Å². The summed E-state index contributed by atoms with van der Waals surface area (Å²) < 4.78 is 0. The second-order valence-electron chi connectivity index (χ2n) is 21.1. The molecule has 8 bridgehead atoms. The summed E-state index contributed by atoms with van der Waals surface area (Å²) in [6.45, 7) is 16.5. The molecule has 7 amide bonds. The van der Waals surface area contributed by atoms with Crippen LogP contribution in [-0.2, 0) is 50.3 Å². The van der Waals surface area contributed by atoms with Crippen molar-refractivity contribution < 1.29 is 66.4 Å². The number of nitrogens with two attached hydrogens (primary N) is 6. The van der Waals surface area contributed by atoms with Gasteiger partial charge in [0.1, 0.15) is 0 Å². The zero-order valence-electron chi connectivity index (χ0n) is 41.8. The summed E-state index contributed by atoms with van der Waals surface area (Å²) in [6, 6.07) is -0.933. The summed E-state index contributed by atoms with van der Waals surface area (Å²) in [4.78, 5) is 107. The third-order valence-electron chi connectivity index (χ3n) is 16.0. The molecule has 390 valence electrons. The predicted octanol–water partition coefficient (Wildman–Crippen LogP) is 0.884. The van der Waals surface area contributed by atoms with Gasteiger partial charge in [-0.25, -0.2) is 0 Å². The van der Waals surface area contributed by atoms with Gasteiger partial charge in [-0.1, -0.05) is 47.6 Å². The smallest absolute Gasteiger partial charge is 0.870 e. The number of nitrogens with zero attached hydrogens (tertiary/aromatic N) is 4. The standard InChI is InChI=1S/C48H72N11O8.Co.2H2O/c1-23(60)22-55-38(67)16-17-45(6)29(18-35(52)64)43-48(9)47(8,21-37(54)66)28(12-15-34(51)63)40(59-48)25(3)42-46(7,20-36(53)65)26(10-13-32(49)61)30(56-42)19-31-44(4,5)27(11-14-33(50)62)39(57-31)24(2)41(45)58-43;;;/h19,23,26-29,43H,10-18,20-22H2,1-9H3,(H14,49,50,51,52,53,54,55,56,57,58,59,61,62,63,64,65,66,67);;2*1H2/q-1;+3;;/p-2/t23?,26-,27-,28-,29+,43-,45-,46+,47+,48+;;;/m1.../s1. The van der Waals surface area contributed by atoms with Crippen LogP contribution < -0.4 is 44.8 Å². The Labute approximate surface area is 420 Å². The molecular weight excluding hydrogens is 950 g/mol. The Morgan fingerprint density at radius 3 is 1.74 bits per heavy atom. The van der Waals surface area contributed by atoms with Crippen LogP contribution in [0, 0.1) is 45.3 Å². The number of aliphatic imine (C=N–C) groups is 3. The number of nitrogens with one attached hydrogen (secondary N) is 1. The van der Waals surface area contributed by atoms with Crippen molar-refractivity contribution in [2.45, 2.75) is 151 Å². The monoisotopic (exact) mass is 1020 g/mol. The molecule has 5 aliphatic heterocycles. The van der Waals surface area contributed by atoms with Gasteiger partial charge in [0.05, 0.1) is 11.2 Å². The number of carbonyl (C=O) groups excluding carboxylic acids is 7. The van der Waals surface area contributed by atoms with Gasteiger partial charge >= 0.3 is 16.8 Å². The van der Waals surface area contributed by atoms with Crippen molar-refractivity contribution in [2.24, 2.45) is 94.7 Å². The largest absolute Gasteiger partial charge is 3.00 e. The minimum Gasteiger partial charge on any atom is -0.870 e. The van der Waals surface area contributed by atoms with Crippen LogP contribution in [0.25, 0.3) is 5.32 Å². The maximum Gasteiger partial charge on any atom is 3.00 e. The van der Waals surface area contributed by atoms with E-state index in [-0.39, 0.29) is 111 Å². The van der Waals surface area contributed by atoms with E-state index in [0.717, 1.165) is 0 Å². The zero-order chi connectivity index (χ0) is 50.4. The van der Waals surface area contributed by atoms with Crippen LogP contribution in [0.4, 0.5) is 0 Å². The summed E-state index contributed by atoms with van der Waals surface area (Å²) >= 11 is 0. The van der Waals surface area contributed by atoms with Crippen LogP contribution in [0.3, 0.4) is 0 Å². The Balaban J connectivity index is 0.00000560. The van der Waals surface area contributed by atoms with E-state index in [1.165, 1.54) is 6.92 Å². The molecule has 1 saturated heterocycles. The molecular formula is C48H74CoN11O10. The molecule has 0 radical (unpaired) electrons. The van der Waals surface area contributed by atoms with Crippen molar-refractivity contribution in [3.05, 3.63) is 39.6 Å². The normalized spacial score (nSPS) is 33.7. The summed E-state index contributed by atoms with van der Waals surface area (Å²) in [6.07, 6.45) is 0.669. The molecule has 0 aromatic carbocycles. The molecule has 0 aliphatic carbocycles. The van der Waals surface area contributed by atoms with Crippen molar-refractivity contribution in [2.75, 3.05) is 6.54 Å². The second-order valence-corrected chi connectivity index (χ2v) is 21.1. The third kappa shape index (κ3) is 11.4. The molecule has 70 heavy (non-hydrogen) atoms. The summed E-state index contributed by atoms with van der Waals surface area (Å²) in [7, 11) is 0. The number of primary amides is 6. The molecule has 0 spiro atoms. The van der Waals surface area contributed by atoms with Gasteiger partial charge in [0.2, 0.25) is 41.4 Å². The van der Waals surface area contributed by atoms with E-state index in [1.54, 1.807) is 0 Å². The molecule has 0 aromatic rings. The first-order valence-electron chi connectivity index (χ1n) is 23.2. The van der Waals surface area contributed by atoms with Crippen LogP contribution in [0.1, 0.15) is 133 Å². The summed E-state index contributed by atoms with van der Waals surface area (Å²) in [5, 5.41) is 20.3. The van der Waals surface area contributed by atoms with Crippen molar-refractivity contribution >= 4 is 58.5 Å². The number of hydrogen-bond donors (Lipinski definition) is 7. The van der Waals surface area contributed by atoms with Gasteiger partial charge in [0.15, 0.2) is 0 Å². The van der Waals surface area contributed by atoms with Gasteiger partial charge in [-0.2, -0.15) is 5.70 Å². The van der Waals surface area contributed by atoms with Crippen molar-refractivity contribution in [1.29, 1.82) is 0 Å². The molecule has 22 heteroatoms. The summed E-state index contributed by atoms with van der Waals surface area (Å²) in [5.41, 5.74) is 34.2. The average Bonchev–Trinajstić information content (AvgIpc) is 3.80. The molecule has 5 rings (SSSR count). The van der Waals surface area contributed by atoms with E-state index in [0.29, 0.717) is 45.4 Å². The third-order valence-corrected chi connectivity index (χ3v) is 16.0. The second kappa shape index (κ2) is 22.4. The number of carbonyl (C=O) groups is 7. The van der Waals surface area contributed by atoms with Crippen LogP contribution >= 0.6 is 0 Å². The molecule has 21 nitrogen and oxygen atoms in total. The SMILES string of the molecule is C/C1=C2/[N-][C@H]([C@H](CC(N)=O)[C@@]2(C)CCC(=O)NCC(C)[O-])[C@]2(C)N=C(/C(C)=C3N=C(/C=C4N=C1[C@@H](CCC(N)=O)C\4(C)C)[C@@H](CCC(N)=O)[C@]\3(C)CC(N)=O)[C@@H](CCC(N)=O)[C@]2(C)CC(N)=O.O.[Co+3].[OH-].